The van der Waals surface area contributed by atoms with E-state index >= 15 is 0 Å². The number of aryl methyl sites for hydroxylation is 1. The lowest BCUT2D eigenvalue weighted by Gasteiger charge is -2.31. The Morgan fingerprint density at radius 2 is 1.41 bits per heavy atom. The highest BCUT2D eigenvalue weighted by molar-refractivity contribution is 7.12. The summed E-state index contributed by atoms with van der Waals surface area (Å²) in [6.07, 6.45) is 11.3. The van der Waals surface area contributed by atoms with Crippen molar-refractivity contribution >= 4 is 87.6 Å². The SMILES string of the molecule is CCc1ccc(C2(C)C34C=Cc5cc6c7c8c5C32c2c3c5c(cc9ccc%10cc(c7c7c%10c9c5c7c28)C6)CC3=C4)s1. The zero-order valence-electron chi connectivity index (χ0n) is 22.8. The molecule has 0 aliphatic heterocycles. The molecule has 6 aliphatic rings. The second kappa shape index (κ2) is 5.01. The molecule has 1 heteroatoms. The summed E-state index contributed by atoms with van der Waals surface area (Å²) < 4.78 is 0. The van der Waals surface area contributed by atoms with Gasteiger partial charge in [0, 0.05) is 26.0 Å². The Hall–Kier alpha value is -3.94. The Morgan fingerprint density at radius 1 is 0.707 bits per heavy atom. The number of allylic oxidation sites excluding steroid dienone is 3. The fourth-order valence-corrected chi connectivity index (χ4v) is 13.5. The maximum atomic E-state index is 2.80. The van der Waals surface area contributed by atoms with E-state index in [2.05, 4.69) is 85.9 Å². The molecule has 3 unspecified atom stereocenters. The molecule has 0 nitrogen and oxygen atoms in total. The third-order valence-corrected chi connectivity index (χ3v) is 14.9. The van der Waals surface area contributed by atoms with Gasteiger partial charge in [-0.1, -0.05) is 62.4 Å². The van der Waals surface area contributed by atoms with Crippen molar-refractivity contribution in [2.75, 3.05) is 0 Å². The van der Waals surface area contributed by atoms with Gasteiger partial charge in [-0.25, -0.2) is 0 Å². The van der Waals surface area contributed by atoms with Crippen LogP contribution in [0, 0.1) is 5.41 Å². The molecule has 0 bridgehead atoms. The molecule has 6 aliphatic carbocycles. The van der Waals surface area contributed by atoms with E-state index in [1.165, 1.54) is 21.2 Å². The number of benzene rings is 6. The third kappa shape index (κ3) is 1.38. The van der Waals surface area contributed by atoms with Gasteiger partial charge >= 0.3 is 0 Å². The van der Waals surface area contributed by atoms with E-state index in [1.807, 2.05) is 0 Å². The first-order valence-corrected chi connectivity index (χ1v) is 16.2. The summed E-state index contributed by atoms with van der Waals surface area (Å²) in [5.74, 6) is 0. The maximum Gasteiger partial charge on any atom is 0.0476 e. The lowest BCUT2D eigenvalue weighted by Crippen LogP contribution is -2.24. The molecular formula is C40H22S. The number of thiophene rings is 1. The van der Waals surface area contributed by atoms with E-state index in [1.54, 1.807) is 97.7 Å². The Labute approximate surface area is 239 Å². The van der Waals surface area contributed by atoms with Gasteiger partial charge in [-0.2, -0.15) is 0 Å². The summed E-state index contributed by atoms with van der Waals surface area (Å²) in [7, 11) is 0. The van der Waals surface area contributed by atoms with Crippen molar-refractivity contribution in [3.8, 4) is 0 Å². The molecule has 0 amide bonds. The molecule has 1 saturated carbocycles. The summed E-state index contributed by atoms with van der Waals surface area (Å²) in [5, 5.41) is 18.9. The topological polar surface area (TPSA) is 0 Å². The zero-order chi connectivity index (χ0) is 26.1. The molecule has 0 saturated heterocycles. The van der Waals surface area contributed by atoms with Crippen LogP contribution in [0.3, 0.4) is 0 Å². The third-order valence-electron chi connectivity index (χ3n) is 13.4. The minimum atomic E-state index is -0.00157. The Kier molecular flexibility index (Phi) is 2.35. The van der Waals surface area contributed by atoms with Gasteiger partial charge < -0.3 is 0 Å². The monoisotopic (exact) mass is 534 g/mol. The van der Waals surface area contributed by atoms with Gasteiger partial charge in [0.05, 0.1) is 0 Å². The van der Waals surface area contributed by atoms with Crippen molar-refractivity contribution < 1.29 is 0 Å². The van der Waals surface area contributed by atoms with Gasteiger partial charge in [0.1, 0.15) is 0 Å². The molecule has 3 atom stereocenters. The highest BCUT2D eigenvalue weighted by Gasteiger charge is 2.88. The van der Waals surface area contributed by atoms with Crippen molar-refractivity contribution in [2.45, 2.75) is 43.9 Å². The fourth-order valence-electron chi connectivity index (χ4n) is 12.3. The first-order chi connectivity index (χ1) is 20.1. The first-order valence-electron chi connectivity index (χ1n) is 15.4. The maximum absolute atomic E-state index is 2.80. The predicted octanol–water partition coefficient (Wildman–Crippen LogP) is 9.98. The van der Waals surface area contributed by atoms with Gasteiger partial charge in [-0.3, -0.25) is 0 Å². The van der Waals surface area contributed by atoms with Crippen LogP contribution < -0.4 is 0 Å². The summed E-state index contributed by atoms with van der Waals surface area (Å²) in [4.78, 5) is 3.11. The highest BCUT2D eigenvalue weighted by Crippen LogP contribution is 2.90. The van der Waals surface area contributed by atoms with E-state index in [-0.39, 0.29) is 16.2 Å². The summed E-state index contributed by atoms with van der Waals surface area (Å²) >= 11 is 2.09. The Balaban J connectivity index is 1.37. The summed E-state index contributed by atoms with van der Waals surface area (Å²) in [6.45, 7) is 4.96. The quantitative estimate of drug-likeness (QED) is 0.194. The van der Waals surface area contributed by atoms with E-state index in [4.69, 9.17) is 0 Å². The van der Waals surface area contributed by atoms with Crippen LogP contribution in [0.4, 0.5) is 0 Å². The molecule has 188 valence electrons. The Bertz CT molecular complexity index is 2800. The van der Waals surface area contributed by atoms with Gasteiger partial charge in [0.25, 0.3) is 0 Å². The van der Waals surface area contributed by atoms with Gasteiger partial charge in [-0.15, -0.1) is 11.3 Å². The smallest absolute Gasteiger partial charge is 0.0476 e. The molecule has 1 fully saturated rings. The van der Waals surface area contributed by atoms with E-state index in [0.717, 1.165) is 19.3 Å². The van der Waals surface area contributed by atoms with Crippen molar-refractivity contribution in [1.29, 1.82) is 0 Å². The van der Waals surface area contributed by atoms with Crippen molar-refractivity contribution in [3.05, 3.63) is 103 Å². The van der Waals surface area contributed by atoms with Crippen LogP contribution in [0.5, 0.6) is 0 Å². The van der Waals surface area contributed by atoms with Crippen molar-refractivity contribution in [1.82, 2.24) is 0 Å². The van der Waals surface area contributed by atoms with E-state index < -0.39 is 0 Å². The van der Waals surface area contributed by atoms with Crippen LogP contribution >= 0.6 is 11.3 Å². The molecular weight excluding hydrogens is 513 g/mol. The van der Waals surface area contributed by atoms with Gasteiger partial charge in [-0.05, 0) is 141 Å². The standard InChI is InChI=1S/C40H22S/c1-3-23-6-7-24(41-23)38(2)39-9-8-18-12-21-13-19-10-16-4-5-17-11-20-14-22(15-39)30-29(20)32-26(17)25(16)31-27(19)28(21)34-35(33(31)32)37(30)40(38,39)36(18)34/h4-12,15H,3,13-14H2,1-2H3. The van der Waals surface area contributed by atoms with Crippen LogP contribution in [0.2, 0.25) is 0 Å². The summed E-state index contributed by atoms with van der Waals surface area (Å²) in [5.41, 5.74) is 12.9. The van der Waals surface area contributed by atoms with E-state index in [0.29, 0.717) is 0 Å². The zero-order valence-corrected chi connectivity index (χ0v) is 23.6. The minimum absolute atomic E-state index is 0.00157. The second-order valence-corrected chi connectivity index (χ2v) is 15.5. The largest absolute Gasteiger partial charge is 0.145 e. The molecule has 1 spiro atoms. The molecule has 7 aromatic carbocycles. The Morgan fingerprint density at radius 3 is 2.22 bits per heavy atom. The molecule has 1 heterocycles. The van der Waals surface area contributed by atoms with E-state index in [9.17, 15) is 0 Å². The van der Waals surface area contributed by atoms with Crippen LogP contribution in [0.1, 0.15) is 62.5 Å². The predicted molar refractivity (Wildman–Crippen MR) is 173 cm³/mol. The second-order valence-electron chi connectivity index (χ2n) is 14.3. The average Bonchev–Trinajstić information content (AvgIpc) is 3.67. The summed E-state index contributed by atoms with van der Waals surface area (Å²) in [6, 6.07) is 17.5. The van der Waals surface area contributed by atoms with Crippen LogP contribution in [-0.4, -0.2) is 0 Å². The minimum Gasteiger partial charge on any atom is -0.145 e. The fraction of sp³-hybridized carbons (Fsp3) is 0.200. The lowest BCUT2D eigenvalue weighted by atomic mass is 9.71. The molecule has 0 N–H and O–H groups in total. The van der Waals surface area contributed by atoms with Gasteiger partial charge in [0.2, 0.25) is 0 Å². The lowest BCUT2D eigenvalue weighted by molar-refractivity contribution is 0.658. The molecule has 14 rings (SSSR count). The number of hydrogen-bond donors (Lipinski definition) is 0. The number of rotatable bonds is 2. The van der Waals surface area contributed by atoms with Crippen LogP contribution in [-0.2, 0) is 30.1 Å². The molecule has 1 aromatic heterocycles. The molecule has 0 radical (unpaired) electrons. The van der Waals surface area contributed by atoms with Crippen LogP contribution in [0.15, 0.2) is 54.6 Å². The van der Waals surface area contributed by atoms with Crippen molar-refractivity contribution in [3.63, 3.8) is 0 Å². The molecule has 8 aromatic rings. The first kappa shape index (κ1) is 19.2. The van der Waals surface area contributed by atoms with Crippen molar-refractivity contribution in [2.24, 2.45) is 5.41 Å². The highest BCUT2D eigenvalue weighted by atomic mass is 32.1. The average molecular weight is 535 g/mol. The molecule has 41 heavy (non-hydrogen) atoms. The normalized spacial score (nSPS) is 28.5. The number of hydrogen-bond acceptors (Lipinski definition) is 1. The van der Waals surface area contributed by atoms with Gasteiger partial charge in [0.15, 0.2) is 0 Å². The van der Waals surface area contributed by atoms with Crippen LogP contribution in [0.25, 0.3) is 76.3 Å².